The highest BCUT2D eigenvalue weighted by molar-refractivity contribution is 6.42. The monoisotopic (exact) mass is 409 g/mol. The van der Waals surface area contributed by atoms with E-state index in [2.05, 4.69) is 10.4 Å². The first kappa shape index (κ1) is 19.1. The van der Waals surface area contributed by atoms with Gasteiger partial charge in [-0.3, -0.25) is 4.79 Å². The quantitative estimate of drug-likeness (QED) is 0.694. The topological polar surface area (TPSA) is 77.1 Å². The fraction of sp³-hybridized carbons (Fsp3) is 0.167. The molecule has 1 atom stereocenters. The molecule has 1 N–H and O–H groups in total. The fourth-order valence-corrected chi connectivity index (χ4v) is 2.71. The summed E-state index contributed by atoms with van der Waals surface area (Å²) in [7, 11) is 0. The molecule has 9 heteroatoms. The first-order valence-electron chi connectivity index (χ1n) is 7.91. The molecular weight excluding hydrogens is 396 g/mol. The maximum Gasteiger partial charge on any atom is 0.437 e. The maximum absolute atomic E-state index is 13.0. The van der Waals surface area contributed by atoms with Crippen LogP contribution >= 0.6 is 23.2 Å². The van der Waals surface area contributed by atoms with Crippen molar-refractivity contribution in [1.82, 2.24) is 15.1 Å². The minimum absolute atomic E-state index is 0.00494. The highest BCUT2D eigenvalue weighted by Gasteiger charge is 2.16. The largest absolute Gasteiger partial charge is 0.437 e. The van der Waals surface area contributed by atoms with Crippen LogP contribution in [0.25, 0.3) is 11.5 Å². The van der Waals surface area contributed by atoms with E-state index in [1.807, 2.05) is 0 Å². The molecule has 0 bridgehead atoms. The second-order valence-electron chi connectivity index (χ2n) is 5.80. The van der Waals surface area contributed by atoms with Crippen LogP contribution in [0.4, 0.5) is 4.39 Å². The first-order valence-corrected chi connectivity index (χ1v) is 8.67. The summed E-state index contributed by atoms with van der Waals surface area (Å²) in [4.78, 5) is 24.1. The lowest BCUT2D eigenvalue weighted by atomic mass is 10.1. The molecular formula is C18H14Cl2FN3O3. The van der Waals surface area contributed by atoms with Crippen LogP contribution in [0, 0.1) is 5.82 Å². The molecule has 2 aromatic carbocycles. The van der Waals surface area contributed by atoms with E-state index in [0.717, 1.165) is 10.2 Å². The zero-order valence-electron chi connectivity index (χ0n) is 14.1. The summed E-state index contributed by atoms with van der Waals surface area (Å²) < 4.78 is 18.9. The summed E-state index contributed by atoms with van der Waals surface area (Å²) in [6.07, 6.45) is 0. The highest BCUT2D eigenvalue weighted by Crippen LogP contribution is 2.25. The van der Waals surface area contributed by atoms with Crippen molar-refractivity contribution in [2.45, 2.75) is 19.5 Å². The number of rotatable bonds is 5. The van der Waals surface area contributed by atoms with E-state index in [1.54, 1.807) is 25.1 Å². The molecule has 0 aliphatic heterocycles. The summed E-state index contributed by atoms with van der Waals surface area (Å²) in [5.41, 5.74) is 1.19. The van der Waals surface area contributed by atoms with Gasteiger partial charge in [-0.05, 0) is 48.9 Å². The summed E-state index contributed by atoms with van der Waals surface area (Å²) >= 11 is 11.9. The van der Waals surface area contributed by atoms with Gasteiger partial charge in [0.15, 0.2) is 0 Å². The van der Waals surface area contributed by atoms with Crippen LogP contribution in [0.2, 0.25) is 10.0 Å². The Kier molecular flexibility index (Phi) is 5.62. The van der Waals surface area contributed by atoms with E-state index >= 15 is 0 Å². The van der Waals surface area contributed by atoms with Crippen LogP contribution in [-0.2, 0) is 11.3 Å². The second-order valence-corrected chi connectivity index (χ2v) is 6.61. The lowest BCUT2D eigenvalue weighted by molar-refractivity contribution is -0.122. The average Bonchev–Trinajstić information content (AvgIpc) is 2.98. The van der Waals surface area contributed by atoms with Gasteiger partial charge >= 0.3 is 5.76 Å². The number of nitrogens with zero attached hydrogens (tertiary/aromatic N) is 2. The average molecular weight is 410 g/mol. The first-order chi connectivity index (χ1) is 12.8. The Morgan fingerprint density at radius 3 is 2.59 bits per heavy atom. The Bertz CT molecular complexity index is 1030. The van der Waals surface area contributed by atoms with Crippen LogP contribution < -0.4 is 11.1 Å². The van der Waals surface area contributed by atoms with Gasteiger partial charge in [-0.2, -0.15) is 4.68 Å². The minimum Gasteiger partial charge on any atom is -0.388 e. The molecule has 0 spiro atoms. The molecule has 27 heavy (non-hydrogen) atoms. The molecule has 3 rings (SSSR count). The zero-order chi connectivity index (χ0) is 19.6. The normalized spacial score (nSPS) is 12.0. The number of benzene rings is 2. The minimum atomic E-state index is -0.785. The SMILES string of the molecule is CC(NC(=O)Cn1nc(-c2ccc(F)cc2)oc1=O)c1ccc(Cl)c(Cl)c1. The van der Waals surface area contributed by atoms with Gasteiger partial charge in [0, 0.05) is 5.56 Å². The van der Waals surface area contributed by atoms with Crippen LogP contribution in [0.15, 0.2) is 51.7 Å². The standard InChI is InChI=1S/C18H14Cl2FN3O3/c1-10(12-4-7-14(19)15(20)8-12)22-16(25)9-24-18(26)27-17(23-24)11-2-5-13(21)6-3-11/h2-8,10H,9H2,1H3,(H,22,25). The molecule has 1 aromatic heterocycles. The van der Waals surface area contributed by atoms with Crippen LogP contribution in [0.5, 0.6) is 0 Å². The van der Waals surface area contributed by atoms with E-state index in [9.17, 15) is 14.0 Å². The molecule has 0 aliphatic carbocycles. The Morgan fingerprint density at radius 2 is 1.93 bits per heavy atom. The van der Waals surface area contributed by atoms with Gasteiger partial charge in [0.1, 0.15) is 12.4 Å². The molecule has 0 saturated heterocycles. The van der Waals surface area contributed by atoms with Crippen molar-refractivity contribution in [2.24, 2.45) is 0 Å². The van der Waals surface area contributed by atoms with E-state index in [4.69, 9.17) is 27.6 Å². The van der Waals surface area contributed by atoms with Gasteiger partial charge in [0.05, 0.1) is 16.1 Å². The van der Waals surface area contributed by atoms with Gasteiger partial charge in [0.25, 0.3) is 0 Å². The Morgan fingerprint density at radius 1 is 1.22 bits per heavy atom. The van der Waals surface area contributed by atoms with Crippen LogP contribution in [0.1, 0.15) is 18.5 Å². The van der Waals surface area contributed by atoms with Gasteiger partial charge in [0.2, 0.25) is 11.8 Å². The molecule has 1 amide bonds. The van der Waals surface area contributed by atoms with E-state index in [1.165, 1.54) is 24.3 Å². The van der Waals surface area contributed by atoms with Crippen LogP contribution in [0.3, 0.4) is 0 Å². The van der Waals surface area contributed by atoms with Crippen molar-refractivity contribution in [3.63, 3.8) is 0 Å². The number of aromatic nitrogens is 2. The lowest BCUT2D eigenvalue weighted by Gasteiger charge is -2.14. The van der Waals surface area contributed by atoms with Gasteiger partial charge < -0.3 is 9.73 Å². The molecule has 1 heterocycles. The maximum atomic E-state index is 13.0. The van der Waals surface area contributed by atoms with Gasteiger partial charge in [-0.1, -0.05) is 29.3 Å². The summed E-state index contributed by atoms with van der Waals surface area (Å²) in [5, 5.41) is 7.51. The van der Waals surface area contributed by atoms with Crippen molar-refractivity contribution in [2.75, 3.05) is 0 Å². The highest BCUT2D eigenvalue weighted by atomic mass is 35.5. The predicted octanol–water partition coefficient (Wildman–Crippen LogP) is 3.83. The van der Waals surface area contributed by atoms with Crippen LogP contribution in [-0.4, -0.2) is 15.7 Å². The molecule has 6 nitrogen and oxygen atoms in total. The molecule has 0 fully saturated rings. The molecule has 1 unspecified atom stereocenters. The molecule has 0 aliphatic rings. The Balaban J connectivity index is 1.69. The number of hydrogen-bond donors (Lipinski definition) is 1. The predicted molar refractivity (Wildman–Crippen MR) is 99.2 cm³/mol. The Hall–Kier alpha value is -2.64. The Labute approximate surface area is 163 Å². The van der Waals surface area contributed by atoms with Crippen molar-refractivity contribution >= 4 is 29.1 Å². The van der Waals surface area contributed by atoms with Gasteiger partial charge in [-0.15, -0.1) is 5.10 Å². The zero-order valence-corrected chi connectivity index (χ0v) is 15.6. The summed E-state index contributed by atoms with van der Waals surface area (Å²) in [5.74, 6) is -1.64. The molecule has 140 valence electrons. The molecule has 3 aromatic rings. The smallest absolute Gasteiger partial charge is 0.388 e. The van der Waals surface area contributed by atoms with Crippen molar-refractivity contribution in [3.05, 3.63) is 74.4 Å². The number of hydrogen-bond acceptors (Lipinski definition) is 4. The molecule has 0 saturated carbocycles. The van der Waals surface area contributed by atoms with E-state index in [0.29, 0.717) is 15.6 Å². The number of amides is 1. The van der Waals surface area contributed by atoms with Crippen molar-refractivity contribution in [1.29, 1.82) is 0 Å². The van der Waals surface area contributed by atoms with E-state index in [-0.39, 0.29) is 18.5 Å². The molecule has 0 radical (unpaired) electrons. The third-order valence-electron chi connectivity index (χ3n) is 3.81. The number of carbonyl (C=O) groups excluding carboxylic acids is 1. The van der Waals surface area contributed by atoms with Crippen molar-refractivity contribution < 1.29 is 13.6 Å². The number of carbonyl (C=O) groups is 1. The fourth-order valence-electron chi connectivity index (χ4n) is 2.40. The summed E-state index contributed by atoms with van der Waals surface area (Å²) in [6.45, 7) is 1.45. The number of halogens is 3. The lowest BCUT2D eigenvalue weighted by Crippen LogP contribution is -2.33. The third-order valence-corrected chi connectivity index (χ3v) is 4.55. The van der Waals surface area contributed by atoms with Crippen molar-refractivity contribution in [3.8, 4) is 11.5 Å². The number of nitrogens with one attached hydrogen (secondary N) is 1. The van der Waals surface area contributed by atoms with E-state index < -0.39 is 17.5 Å². The van der Waals surface area contributed by atoms with Gasteiger partial charge in [-0.25, -0.2) is 9.18 Å². The summed E-state index contributed by atoms with van der Waals surface area (Å²) in [6, 6.07) is 9.98. The third kappa shape index (κ3) is 4.56. The second kappa shape index (κ2) is 7.94.